The van der Waals surface area contributed by atoms with Crippen molar-refractivity contribution in [2.45, 2.75) is 40.2 Å². The third-order valence-electron chi connectivity index (χ3n) is 3.34. The van der Waals surface area contributed by atoms with E-state index in [9.17, 15) is 0 Å². The topological polar surface area (TPSA) is 38.9 Å². The molecule has 3 heteroatoms. The molecule has 2 aromatic rings. The lowest BCUT2D eigenvalue weighted by atomic mass is 9.96. The number of nitrogens with two attached hydrogens (primary N) is 1. The van der Waals surface area contributed by atoms with Gasteiger partial charge in [-0.15, -0.1) is 11.3 Å². The lowest BCUT2D eigenvalue weighted by molar-refractivity contribution is 0.722. The summed E-state index contributed by atoms with van der Waals surface area (Å²) in [6, 6.07) is 6.46. The van der Waals surface area contributed by atoms with Crippen LogP contribution in [0.25, 0.3) is 0 Å². The van der Waals surface area contributed by atoms with Crippen LogP contribution in [0.1, 0.15) is 38.3 Å². The van der Waals surface area contributed by atoms with Crippen molar-refractivity contribution in [1.82, 2.24) is 4.98 Å². The first-order valence-electron chi connectivity index (χ1n) is 6.23. The van der Waals surface area contributed by atoms with Crippen molar-refractivity contribution in [2.75, 3.05) is 0 Å². The Hall–Kier alpha value is -1.19. The van der Waals surface area contributed by atoms with E-state index < -0.39 is 0 Å². The van der Waals surface area contributed by atoms with Gasteiger partial charge in [-0.05, 0) is 50.8 Å². The summed E-state index contributed by atoms with van der Waals surface area (Å²) in [6.45, 7) is 8.38. The summed E-state index contributed by atoms with van der Waals surface area (Å²) in [5.74, 6) is 0. The summed E-state index contributed by atoms with van der Waals surface area (Å²) in [4.78, 5) is 5.67. The van der Waals surface area contributed by atoms with Crippen molar-refractivity contribution < 1.29 is 0 Å². The normalized spacial score (nSPS) is 12.7. The summed E-state index contributed by atoms with van der Waals surface area (Å²) in [5, 5.41) is 1.10. The van der Waals surface area contributed by atoms with Crippen molar-refractivity contribution >= 4 is 11.3 Å². The minimum Gasteiger partial charge on any atom is -0.323 e. The van der Waals surface area contributed by atoms with Crippen LogP contribution in [-0.4, -0.2) is 4.98 Å². The molecule has 0 saturated heterocycles. The first-order valence-corrected chi connectivity index (χ1v) is 7.05. The van der Waals surface area contributed by atoms with Crippen LogP contribution in [0.3, 0.4) is 0 Å². The van der Waals surface area contributed by atoms with E-state index >= 15 is 0 Å². The van der Waals surface area contributed by atoms with Gasteiger partial charge in [-0.3, -0.25) is 0 Å². The molecule has 0 spiro atoms. The number of benzene rings is 1. The summed E-state index contributed by atoms with van der Waals surface area (Å²) in [5.41, 5.74) is 11.4. The molecular weight excluding hydrogens is 240 g/mol. The summed E-state index contributed by atoms with van der Waals surface area (Å²) < 4.78 is 0. The molecule has 1 aromatic carbocycles. The number of aryl methyl sites for hydroxylation is 4. The zero-order valence-corrected chi connectivity index (χ0v) is 12.3. The van der Waals surface area contributed by atoms with Crippen molar-refractivity contribution in [1.29, 1.82) is 0 Å². The Balaban J connectivity index is 2.26. The number of aromatic nitrogens is 1. The average Bonchev–Trinajstić information content (AvgIpc) is 2.63. The molecule has 0 radical (unpaired) electrons. The van der Waals surface area contributed by atoms with Gasteiger partial charge in [-0.1, -0.05) is 18.2 Å². The quantitative estimate of drug-likeness (QED) is 0.915. The molecule has 0 aliphatic heterocycles. The third kappa shape index (κ3) is 2.62. The highest BCUT2D eigenvalue weighted by atomic mass is 32.1. The second-order valence-electron chi connectivity index (χ2n) is 4.86. The van der Waals surface area contributed by atoms with Crippen LogP contribution in [0.15, 0.2) is 18.2 Å². The second kappa shape index (κ2) is 5.21. The summed E-state index contributed by atoms with van der Waals surface area (Å²) >= 11 is 1.72. The Morgan fingerprint density at radius 1 is 1.17 bits per heavy atom. The van der Waals surface area contributed by atoms with Gasteiger partial charge < -0.3 is 5.73 Å². The van der Waals surface area contributed by atoms with Gasteiger partial charge in [0.05, 0.1) is 10.7 Å². The highest BCUT2D eigenvalue weighted by molar-refractivity contribution is 7.11. The number of thiazole rings is 1. The van der Waals surface area contributed by atoms with Crippen LogP contribution < -0.4 is 5.73 Å². The third-order valence-corrected chi connectivity index (χ3v) is 4.55. The van der Waals surface area contributed by atoms with Gasteiger partial charge in [0.1, 0.15) is 0 Å². The van der Waals surface area contributed by atoms with Crippen LogP contribution in [0.5, 0.6) is 0 Å². The first kappa shape index (κ1) is 13.2. The minimum atomic E-state index is 0.0519. The van der Waals surface area contributed by atoms with E-state index in [4.69, 9.17) is 5.73 Å². The molecule has 1 unspecified atom stereocenters. The highest BCUT2D eigenvalue weighted by Crippen LogP contribution is 2.27. The fraction of sp³-hybridized carbons (Fsp3) is 0.400. The van der Waals surface area contributed by atoms with Crippen LogP contribution in [0.2, 0.25) is 0 Å². The minimum absolute atomic E-state index is 0.0519. The maximum Gasteiger partial charge on any atom is 0.0900 e. The highest BCUT2D eigenvalue weighted by Gasteiger charge is 2.15. The van der Waals surface area contributed by atoms with Crippen molar-refractivity contribution in [3.63, 3.8) is 0 Å². The average molecular weight is 260 g/mol. The number of hydrogen-bond donors (Lipinski definition) is 1. The van der Waals surface area contributed by atoms with E-state index in [-0.39, 0.29) is 6.04 Å². The smallest absolute Gasteiger partial charge is 0.0900 e. The standard InChI is InChI=1S/C15H20N2S/c1-9-6-5-7-10(2)13(9)8-14(16)15-11(3)17-12(4)18-15/h5-7,14H,8,16H2,1-4H3. The fourth-order valence-electron chi connectivity index (χ4n) is 2.37. The van der Waals surface area contributed by atoms with Gasteiger partial charge in [-0.25, -0.2) is 4.98 Å². The zero-order valence-electron chi connectivity index (χ0n) is 11.4. The lowest BCUT2D eigenvalue weighted by Crippen LogP contribution is -2.14. The van der Waals surface area contributed by atoms with Gasteiger partial charge in [0.25, 0.3) is 0 Å². The molecule has 0 aliphatic carbocycles. The molecule has 0 aliphatic rings. The Morgan fingerprint density at radius 3 is 2.28 bits per heavy atom. The van der Waals surface area contributed by atoms with E-state index in [1.54, 1.807) is 11.3 Å². The Morgan fingerprint density at radius 2 is 1.78 bits per heavy atom. The van der Waals surface area contributed by atoms with Crippen LogP contribution in [-0.2, 0) is 6.42 Å². The summed E-state index contributed by atoms with van der Waals surface area (Å²) in [6.07, 6.45) is 0.890. The molecule has 1 heterocycles. The Kier molecular flexibility index (Phi) is 3.83. The molecule has 0 bridgehead atoms. The molecule has 1 atom stereocenters. The molecule has 2 N–H and O–H groups in total. The second-order valence-corrected chi connectivity index (χ2v) is 6.10. The van der Waals surface area contributed by atoms with Crippen LogP contribution >= 0.6 is 11.3 Å². The van der Waals surface area contributed by atoms with Gasteiger partial charge in [0.15, 0.2) is 0 Å². The van der Waals surface area contributed by atoms with E-state index in [0.29, 0.717) is 0 Å². The molecule has 0 amide bonds. The predicted octanol–water partition coefficient (Wildman–Crippen LogP) is 3.62. The SMILES string of the molecule is Cc1nc(C)c(C(N)Cc2c(C)cccc2C)s1. The zero-order chi connectivity index (χ0) is 13.3. The predicted molar refractivity (Wildman–Crippen MR) is 78.1 cm³/mol. The largest absolute Gasteiger partial charge is 0.323 e. The van der Waals surface area contributed by atoms with E-state index in [0.717, 1.165) is 17.1 Å². The van der Waals surface area contributed by atoms with Gasteiger partial charge >= 0.3 is 0 Å². The summed E-state index contributed by atoms with van der Waals surface area (Å²) in [7, 11) is 0. The Labute approximate surface area is 113 Å². The van der Waals surface area contributed by atoms with E-state index in [1.807, 2.05) is 13.8 Å². The van der Waals surface area contributed by atoms with E-state index in [2.05, 4.69) is 37.0 Å². The number of rotatable bonds is 3. The van der Waals surface area contributed by atoms with Gasteiger partial charge in [0.2, 0.25) is 0 Å². The first-order chi connectivity index (χ1) is 8.49. The van der Waals surface area contributed by atoms with E-state index in [1.165, 1.54) is 21.6 Å². The monoisotopic (exact) mass is 260 g/mol. The maximum atomic E-state index is 6.35. The molecular formula is C15H20N2S. The molecule has 96 valence electrons. The molecule has 2 nitrogen and oxygen atoms in total. The van der Waals surface area contributed by atoms with Gasteiger partial charge in [0, 0.05) is 10.9 Å². The molecule has 0 saturated carbocycles. The molecule has 1 aromatic heterocycles. The van der Waals surface area contributed by atoms with Crippen molar-refractivity contribution in [2.24, 2.45) is 5.73 Å². The van der Waals surface area contributed by atoms with Crippen LogP contribution in [0.4, 0.5) is 0 Å². The Bertz CT molecular complexity index is 537. The molecule has 18 heavy (non-hydrogen) atoms. The van der Waals surface area contributed by atoms with Gasteiger partial charge in [-0.2, -0.15) is 0 Å². The van der Waals surface area contributed by atoms with Crippen molar-refractivity contribution in [3.05, 3.63) is 50.5 Å². The van der Waals surface area contributed by atoms with Crippen LogP contribution in [0, 0.1) is 27.7 Å². The number of nitrogens with zero attached hydrogens (tertiary/aromatic N) is 1. The fourth-order valence-corrected chi connectivity index (χ4v) is 3.30. The lowest BCUT2D eigenvalue weighted by Gasteiger charge is -2.15. The molecule has 0 fully saturated rings. The maximum absolute atomic E-state index is 6.35. The van der Waals surface area contributed by atoms with Crippen molar-refractivity contribution in [3.8, 4) is 0 Å². The molecule has 2 rings (SSSR count). The number of hydrogen-bond acceptors (Lipinski definition) is 3.